The summed E-state index contributed by atoms with van der Waals surface area (Å²) in [5, 5.41) is 14.2. The van der Waals surface area contributed by atoms with Gasteiger partial charge in [0.2, 0.25) is 0 Å². The van der Waals surface area contributed by atoms with E-state index in [0.29, 0.717) is 26.9 Å². The Kier molecular flexibility index (Phi) is 5.50. The van der Waals surface area contributed by atoms with Crippen LogP contribution in [0.4, 0.5) is 17.6 Å². The van der Waals surface area contributed by atoms with E-state index < -0.39 is 30.6 Å². The number of hydrogen-bond acceptors (Lipinski definition) is 7. The number of benzene rings is 1. The number of phenols is 1. The monoisotopic (exact) mass is 550 g/mol. The van der Waals surface area contributed by atoms with Gasteiger partial charge in [-0.1, -0.05) is 22.8 Å². The molecule has 1 aliphatic carbocycles. The fourth-order valence-corrected chi connectivity index (χ4v) is 5.61. The number of halogens is 5. The Labute approximate surface area is 213 Å². The van der Waals surface area contributed by atoms with Crippen LogP contribution in [-0.2, 0) is 19.4 Å². The van der Waals surface area contributed by atoms with E-state index in [1.54, 1.807) is 12.1 Å². The van der Waals surface area contributed by atoms with Gasteiger partial charge in [-0.15, -0.1) is 11.3 Å². The second kappa shape index (κ2) is 8.52. The molecule has 7 nitrogen and oxygen atoms in total. The first-order valence-electron chi connectivity index (χ1n) is 11.1. The Bertz CT molecular complexity index is 1760. The summed E-state index contributed by atoms with van der Waals surface area (Å²) in [7, 11) is 0. The molecule has 0 radical (unpaired) electrons. The van der Waals surface area contributed by atoms with E-state index in [1.165, 1.54) is 16.8 Å². The first-order chi connectivity index (χ1) is 17.7. The maximum absolute atomic E-state index is 13.9. The third kappa shape index (κ3) is 4.04. The molecule has 0 saturated heterocycles. The van der Waals surface area contributed by atoms with Gasteiger partial charge in [-0.25, -0.2) is 9.37 Å². The highest BCUT2D eigenvalue weighted by Gasteiger charge is 2.35. The number of phenolic OH excluding ortho intramolecular Hbond substituents is 1. The predicted molar refractivity (Wildman–Crippen MR) is 129 cm³/mol. The van der Waals surface area contributed by atoms with Gasteiger partial charge < -0.3 is 9.63 Å². The molecule has 190 valence electrons. The van der Waals surface area contributed by atoms with E-state index in [9.17, 15) is 27.5 Å². The van der Waals surface area contributed by atoms with Gasteiger partial charge in [0.15, 0.2) is 23.0 Å². The molecule has 0 atom stereocenters. The molecule has 1 aliphatic rings. The average Bonchev–Trinajstić information content (AvgIpc) is 3.47. The van der Waals surface area contributed by atoms with Crippen LogP contribution in [0.25, 0.3) is 31.8 Å². The zero-order valence-corrected chi connectivity index (χ0v) is 20.2. The van der Waals surface area contributed by atoms with Gasteiger partial charge in [0.05, 0.1) is 21.7 Å². The number of aromatic nitrogens is 4. The summed E-state index contributed by atoms with van der Waals surface area (Å²) in [4.78, 5) is 23.2. The molecule has 0 spiro atoms. The standard InChI is InChI=1S/C24H15ClF4N4O3S/c25-15-4-3-13-17-22(37-20(13)19(15)34)31-21(18-14(11-1-2-11)5-10(7-26)8-30-18)33(23(17)35)9-12-6-16(32-36-12)24(27,28)29/h3-6,8,11,34H,1-2,7,9H2. The summed E-state index contributed by atoms with van der Waals surface area (Å²) >= 11 is 7.11. The molecule has 0 aliphatic heterocycles. The first-order valence-corrected chi connectivity index (χ1v) is 12.3. The molecule has 0 amide bonds. The summed E-state index contributed by atoms with van der Waals surface area (Å²) in [6.07, 6.45) is -1.68. The lowest BCUT2D eigenvalue weighted by molar-refractivity contribution is -0.142. The van der Waals surface area contributed by atoms with E-state index in [0.717, 1.165) is 30.2 Å². The quantitative estimate of drug-likeness (QED) is 0.253. The van der Waals surface area contributed by atoms with Crippen LogP contribution in [0.15, 0.2) is 39.8 Å². The highest BCUT2D eigenvalue weighted by Crippen LogP contribution is 2.45. The van der Waals surface area contributed by atoms with E-state index in [2.05, 4.69) is 15.1 Å². The van der Waals surface area contributed by atoms with Gasteiger partial charge in [0.1, 0.15) is 17.2 Å². The number of pyridine rings is 1. The first kappa shape index (κ1) is 23.9. The van der Waals surface area contributed by atoms with Crippen molar-refractivity contribution in [3.63, 3.8) is 0 Å². The summed E-state index contributed by atoms with van der Waals surface area (Å²) in [5.41, 5.74) is -0.399. The Morgan fingerprint density at radius 2 is 2.03 bits per heavy atom. The molecule has 1 aromatic carbocycles. The van der Waals surface area contributed by atoms with Crippen molar-refractivity contribution in [3.8, 4) is 17.3 Å². The second-order valence-electron chi connectivity index (χ2n) is 8.75. The zero-order chi connectivity index (χ0) is 26.1. The molecule has 13 heteroatoms. The van der Waals surface area contributed by atoms with Crippen molar-refractivity contribution < 1.29 is 27.2 Å². The fourth-order valence-electron chi connectivity index (χ4n) is 4.28. The minimum atomic E-state index is -4.72. The predicted octanol–water partition coefficient (Wildman–Crippen LogP) is 6.43. The van der Waals surface area contributed by atoms with Crippen molar-refractivity contribution >= 4 is 43.2 Å². The van der Waals surface area contributed by atoms with Crippen LogP contribution >= 0.6 is 22.9 Å². The molecule has 0 bridgehead atoms. The molecule has 4 heterocycles. The van der Waals surface area contributed by atoms with Gasteiger partial charge in [-0.05, 0) is 36.5 Å². The van der Waals surface area contributed by atoms with Crippen LogP contribution in [0, 0.1) is 0 Å². The largest absolute Gasteiger partial charge is 0.505 e. The minimum Gasteiger partial charge on any atom is -0.505 e. The summed E-state index contributed by atoms with van der Waals surface area (Å²) in [6, 6.07) is 5.41. The van der Waals surface area contributed by atoms with E-state index >= 15 is 0 Å². The van der Waals surface area contributed by atoms with Crippen molar-refractivity contribution in [1.82, 2.24) is 19.7 Å². The number of nitrogens with zero attached hydrogens (tertiary/aromatic N) is 4. The maximum Gasteiger partial charge on any atom is 0.436 e. The lowest BCUT2D eigenvalue weighted by Crippen LogP contribution is -2.24. The summed E-state index contributed by atoms with van der Waals surface area (Å²) < 4.78 is 59.2. The highest BCUT2D eigenvalue weighted by molar-refractivity contribution is 7.25. The molecule has 4 aromatic heterocycles. The van der Waals surface area contributed by atoms with Crippen LogP contribution in [-0.4, -0.2) is 24.8 Å². The molecule has 37 heavy (non-hydrogen) atoms. The van der Waals surface area contributed by atoms with Gasteiger partial charge >= 0.3 is 6.18 Å². The van der Waals surface area contributed by atoms with Gasteiger partial charge in [0, 0.05) is 23.2 Å². The molecule has 1 saturated carbocycles. The number of fused-ring (bicyclic) bond motifs is 3. The second-order valence-corrected chi connectivity index (χ2v) is 10.2. The van der Waals surface area contributed by atoms with Crippen molar-refractivity contribution in [2.24, 2.45) is 0 Å². The Morgan fingerprint density at radius 3 is 2.70 bits per heavy atom. The van der Waals surface area contributed by atoms with Crippen LogP contribution < -0.4 is 5.56 Å². The third-order valence-corrected chi connectivity index (χ3v) is 7.62. The van der Waals surface area contributed by atoms with Crippen LogP contribution in [0.5, 0.6) is 5.75 Å². The number of rotatable bonds is 5. The molecule has 0 unspecified atom stereocenters. The Hall–Kier alpha value is -3.51. The smallest absolute Gasteiger partial charge is 0.436 e. The van der Waals surface area contributed by atoms with Gasteiger partial charge in [0.25, 0.3) is 5.56 Å². The number of hydrogen-bond donors (Lipinski definition) is 1. The molecule has 6 rings (SSSR count). The molecule has 1 N–H and O–H groups in total. The molecular weight excluding hydrogens is 536 g/mol. The molecule has 5 aromatic rings. The topological polar surface area (TPSA) is 94.0 Å². The van der Waals surface area contributed by atoms with Gasteiger partial charge in [-0.2, -0.15) is 13.2 Å². The minimum absolute atomic E-state index is 0.0897. The molecular formula is C24H15ClF4N4O3S. The van der Waals surface area contributed by atoms with Crippen LogP contribution in [0.1, 0.15) is 41.3 Å². The van der Waals surface area contributed by atoms with Crippen molar-refractivity contribution in [2.45, 2.75) is 38.2 Å². The van der Waals surface area contributed by atoms with Crippen LogP contribution in [0.3, 0.4) is 0 Å². The summed E-state index contributed by atoms with van der Waals surface area (Å²) in [6.45, 7) is -1.13. The Balaban J connectivity index is 1.63. The fraction of sp³-hybridized carbons (Fsp3) is 0.250. The van der Waals surface area contributed by atoms with Gasteiger partial charge in [-0.3, -0.25) is 14.3 Å². The number of aromatic hydroxyl groups is 1. The average molecular weight is 551 g/mol. The number of thiophene rings is 1. The normalized spacial score (nSPS) is 14.2. The lowest BCUT2D eigenvalue weighted by atomic mass is 10.1. The van der Waals surface area contributed by atoms with E-state index in [4.69, 9.17) is 16.1 Å². The van der Waals surface area contributed by atoms with E-state index in [1.807, 2.05) is 0 Å². The van der Waals surface area contributed by atoms with Crippen molar-refractivity contribution in [1.29, 1.82) is 0 Å². The zero-order valence-electron chi connectivity index (χ0n) is 18.6. The summed E-state index contributed by atoms with van der Waals surface area (Å²) in [5.74, 6) is -0.228. The van der Waals surface area contributed by atoms with Crippen molar-refractivity contribution in [2.75, 3.05) is 0 Å². The third-order valence-electron chi connectivity index (χ3n) is 6.21. The van der Waals surface area contributed by atoms with Crippen LogP contribution in [0.2, 0.25) is 5.02 Å². The maximum atomic E-state index is 13.9. The molecule has 1 fully saturated rings. The lowest BCUT2D eigenvalue weighted by Gasteiger charge is -2.14. The highest BCUT2D eigenvalue weighted by atomic mass is 35.5. The van der Waals surface area contributed by atoms with E-state index in [-0.39, 0.29) is 38.5 Å². The van der Waals surface area contributed by atoms with Crippen molar-refractivity contribution in [3.05, 3.63) is 68.4 Å². The SMILES string of the molecule is O=c1c2c(nc(-c3ncc(CF)cc3C3CC3)n1Cc1cc(C(F)(F)F)no1)sc1c(O)c(Cl)ccc12. The number of alkyl halides is 4. The Morgan fingerprint density at radius 1 is 1.24 bits per heavy atom.